The van der Waals surface area contributed by atoms with Gasteiger partial charge in [-0.3, -0.25) is 19.0 Å². The maximum Gasteiger partial charge on any atom is 0.350 e. The number of anilines is 1. The molecule has 44 heavy (non-hydrogen) atoms. The molecule has 1 saturated heterocycles. The van der Waals surface area contributed by atoms with Crippen LogP contribution in [0.4, 0.5) is 5.82 Å². The van der Waals surface area contributed by atoms with Crippen LogP contribution in [0, 0.1) is 16.2 Å². The summed E-state index contributed by atoms with van der Waals surface area (Å²) in [6.07, 6.45) is 0.554. The molecule has 2 rings (SSSR count). The van der Waals surface area contributed by atoms with E-state index in [1.807, 2.05) is 62.3 Å². The van der Waals surface area contributed by atoms with E-state index in [2.05, 4.69) is 4.98 Å². The Kier molecular flexibility index (Phi) is 15.3. The van der Waals surface area contributed by atoms with E-state index in [9.17, 15) is 19.2 Å². The first-order valence-corrected chi connectivity index (χ1v) is 18.5. The lowest BCUT2D eigenvalue weighted by Gasteiger charge is -2.27. The molecule has 0 spiro atoms. The number of nitrogens with two attached hydrogens (primary N) is 1. The zero-order chi connectivity index (χ0) is 33.3. The van der Waals surface area contributed by atoms with Crippen molar-refractivity contribution in [3.8, 4) is 0 Å². The van der Waals surface area contributed by atoms with Crippen LogP contribution in [0.25, 0.3) is 0 Å². The quantitative estimate of drug-likeness (QED) is 0.258. The molecule has 1 fully saturated rings. The van der Waals surface area contributed by atoms with E-state index < -0.39 is 39.5 Å². The number of thioether (sulfide) groups is 4. The van der Waals surface area contributed by atoms with Crippen LogP contribution in [0.5, 0.6) is 0 Å². The monoisotopic (exact) mass is 691 g/mol. The SMILES string of the molecule is CC(C)(C)C(=O)SCCOC[C@H]1S[C@@H](n2ccc(N)nc2=O)C(OCCSC(=O)C(C)(C)C)C1OCCSC(=O)C(C)(C)C. The predicted octanol–water partition coefficient (Wildman–Crippen LogP) is 5.14. The van der Waals surface area contributed by atoms with E-state index in [4.69, 9.17) is 19.9 Å². The molecule has 0 radical (unpaired) electrons. The van der Waals surface area contributed by atoms with E-state index in [1.165, 1.54) is 51.6 Å². The molecule has 4 atom stereocenters. The van der Waals surface area contributed by atoms with Gasteiger partial charge in [0.05, 0.1) is 31.7 Å². The van der Waals surface area contributed by atoms with Crippen LogP contribution in [0.3, 0.4) is 0 Å². The normalized spacial score (nSPS) is 21.0. The van der Waals surface area contributed by atoms with Crippen LogP contribution in [-0.4, -0.2) is 86.0 Å². The molecule has 0 amide bonds. The summed E-state index contributed by atoms with van der Waals surface area (Å²) in [4.78, 5) is 54.0. The third-order valence-corrected chi connectivity index (χ3v) is 11.5. The summed E-state index contributed by atoms with van der Waals surface area (Å²) in [6.45, 7) is 18.2. The second-order valence-electron chi connectivity index (χ2n) is 13.5. The second kappa shape index (κ2) is 17.2. The van der Waals surface area contributed by atoms with Crippen molar-refractivity contribution in [2.75, 3.05) is 49.4 Å². The van der Waals surface area contributed by atoms with Crippen molar-refractivity contribution in [1.82, 2.24) is 9.55 Å². The molecule has 1 aromatic heterocycles. The van der Waals surface area contributed by atoms with E-state index in [0.717, 1.165) is 0 Å². The Bertz CT molecular complexity index is 1170. The van der Waals surface area contributed by atoms with E-state index in [1.54, 1.807) is 12.3 Å². The Morgan fingerprint density at radius 2 is 1.27 bits per heavy atom. The summed E-state index contributed by atoms with van der Waals surface area (Å²) >= 11 is 5.19. The largest absolute Gasteiger partial charge is 0.383 e. The zero-order valence-corrected chi connectivity index (χ0v) is 30.6. The number of carbonyl (C=O) groups is 3. The summed E-state index contributed by atoms with van der Waals surface area (Å²) < 4.78 is 20.3. The maximum absolute atomic E-state index is 12.9. The van der Waals surface area contributed by atoms with Crippen molar-refractivity contribution in [3.63, 3.8) is 0 Å². The van der Waals surface area contributed by atoms with Gasteiger partial charge in [0.1, 0.15) is 23.4 Å². The van der Waals surface area contributed by atoms with Crippen LogP contribution < -0.4 is 11.4 Å². The number of aromatic nitrogens is 2. The number of ether oxygens (including phenoxy) is 3. The third-order valence-electron chi connectivity index (χ3n) is 6.24. The fraction of sp³-hybridized carbons (Fsp3) is 0.767. The second-order valence-corrected chi connectivity index (χ2v) is 18.1. The van der Waals surface area contributed by atoms with E-state index in [-0.39, 0.29) is 33.0 Å². The Morgan fingerprint density at radius 3 is 1.73 bits per heavy atom. The highest BCUT2D eigenvalue weighted by Gasteiger charge is 2.47. The van der Waals surface area contributed by atoms with Gasteiger partial charge in [0.2, 0.25) is 0 Å². The van der Waals surface area contributed by atoms with Crippen molar-refractivity contribution in [2.24, 2.45) is 16.2 Å². The fourth-order valence-corrected chi connectivity index (χ4v) is 7.76. The van der Waals surface area contributed by atoms with Crippen LogP contribution in [0.1, 0.15) is 67.7 Å². The van der Waals surface area contributed by atoms with Crippen LogP contribution in [0.2, 0.25) is 0 Å². The highest BCUT2D eigenvalue weighted by atomic mass is 32.2. The molecular formula is C30H49N3O7S4. The molecule has 1 aliphatic rings. The summed E-state index contributed by atoms with van der Waals surface area (Å²) in [7, 11) is 0. The minimum absolute atomic E-state index is 0.0693. The molecule has 1 aliphatic heterocycles. The van der Waals surface area contributed by atoms with Gasteiger partial charge in [-0.15, -0.1) is 11.8 Å². The first-order chi connectivity index (χ1) is 20.3. The van der Waals surface area contributed by atoms with Crippen molar-refractivity contribution < 1.29 is 28.6 Å². The Labute approximate surface area is 278 Å². The van der Waals surface area contributed by atoms with E-state index >= 15 is 0 Å². The Hall–Kier alpha value is -1.03. The number of hydrogen-bond donors (Lipinski definition) is 1. The molecule has 14 heteroatoms. The van der Waals surface area contributed by atoms with Crippen LogP contribution >= 0.6 is 47.0 Å². The number of carbonyl (C=O) groups excluding carboxylic acids is 3. The maximum atomic E-state index is 12.9. The van der Waals surface area contributed by atoms with E-state index in [0.29, 0.717) is 37.1 Å². The van der Waals surface area contributed by atoms with Gasteiger partial charge in [-0.25, -0.2) is 4.79 Å². The number of nitrogens with zero attached hydrogens (tertiary/aromatic N) is 2. The lowest BCUT2D eigenvalue weighted by atomic mass is 9.99. The lowest BCUT2D eigenvalue weighted by molar-refractivity contribution is -0.118. The summed E-state index contributed by atoms with van der Waals surface area (Å²) in [6, 6.07) is 1.56. The number of rotatable bonds is 14. The van der Waals surface area contributed by atoms with Gasteiger partial charge in [-0.2, -0.15) is 4.98 Å². The van der Waals surface area contributed by atoms with Gasteiger partial charge in [0.25, 0.3) is 0 Å². The first-order valence-electron chi connectivity index (χ1n) is 14.6. The number of nitrogen functional groups attached to an aromatic ring is 1. The highest BCUT2D eigenvalue weighted by Crippen LogP contribution is 2.45. The topological polar surface area (TPSA) is 140 Å². The lowest BCUT2D eigenvalue weighted by Crippen LogP contribution is -2.41. The van der Waals surface area contributed by atoms with Crippen molar-refractivity contribution in [3.05, 3.63) is 22.7 Å². The molecule has 0 bridgehead atoms. The molecular weight excluding hydrogens is 643 g/mol. The molecule has 250 valence electrons. The molecule has 1 aromatic rings. The average molecular weight is 692 g/mol. The Balaban J connectivity index is 2.21. The minimum Gasteiger partial charge on any atom is -0.383 e. The molecule has 2 heterocycles. The summed E-state index contributed by atoms with van der Waals surface area (Å²) in [5, 5.41) is -0.454. The van der Waals surface area contributed by atoms with Crippen molar-refractivity contribution >= 4 is 68.2 Å². The minimum atomic E-state index is -0.567. The zero-order valence-electron chi connectivity index (χ0n) is 27.4. The molecule has 2 unspecified atom stereocenters. The molecule has 0 aromatic carbocycles. The number of hydrogen-bond acceptors (Lipinski definition) is 13. The Morgan fingerprint density at radius 1 is 0.818 bits per heavy atom. The van der Waals surface area contributed by atoms with Crippen LogP contribution in [-0.2, 0) is 28.6 Å². The molecule has 0 saturated carbocycles. The first kappa shape index (κ1) is 39.1. The molecule has 0 aliphatic carbocycles. The van der Waals surface area contributed by atoms with Gasteiger partial charge in [0.15, 0.2) is 15.3 Å². The van der Waals surface area contributed by atoms with Gasteiger partial charge in [0, 0.05) is 39.7 Å². The standard InChI is InChI=1S/C30H49N3O7S4/c1-28(2,3)24(34)41-15-12-38-18-19-21(39-13-16-42-25(35)29(4,5)6)22(40-14-17-43-26(36)30(7,8)9)23(44-19)33-11-10-20(31)32-27(33)37/h10-11,19,21-23H,12-18H2,1-9H3,(H2,31,32,37)/t19-,21?,22?,23-/m1/s1. The van der Waals surface area contributed by atoms with Gasteiger partial charge < -0.3 is 19.9 Å². The smallest absolute Gasteiger partial charge is 0.350 e. The molecule has 2 N–H and O–H groups in total. The van der Waals surface area contributed by atoms with Crippen LogP contribution in [0.15, 0.2) is 17.1 Å². The van der Waals surface area contributed by atoms with Crippen molar-refractivity contribution in [1.29, 1.82) is 0 Å². The van der Waals surface area contributed by atoms with Gasteiger partial charge >= 0.3 is 5.69 Å². The third kappa shape index (κ3) is 12.6. The van der Waals surface area contributed by atoms with Gasteiger partial charge in [-0.05, 0) is 6.07 Å². The molecule has 10 nitrogen and oxygen atoms in total. The average Bonchev–Trinajstić information content (AvgIpc) is 3.23. The highest BCUT2D eigenvalue weighted by molar-refractivity contribution is 8.14. The summed E-state index contributed by atoms with van der Waals surface area (Å²) in [5.41, 5.74) is 3.90. The van der Waals surface area contributed by atoms with Crippen molar-refractivity contribution in [2.45, 2.75) is 85.1 Å². The predicted molar refractivity (Wildman–Crippen MR) is 184 cm³/mol. The van der Waals surface area contributed by atoms with Gasteiger partial charge in [-0.1, -0.05) is 97.6 Å². The fourth-order valence-electron chi connectivity index (χ4n) is 3.74. The summed E-state index contributed by atoms with van der Waals surface area (Å²) in [5.74, 6) is 1.56.